The third-order valence-corrected chi connectivity index (χ3v) is 5.98. The summed E-state index contributed by atoms with van der Waals surface area (Å²) in [7, 11) is 1.72. The number of nitrogens with zero attached hydrogens (tertiary/aromatic N) is 4. The fourth-order valence-corrected chi connectivity index (χ4v) is 4.22. The second-order valence-electron chi connectivity index (χ2n) is 9.35. The number of nitrogens with two attached hydrogens (primary N) is 2. The molecule has 0 saturated heterocycles. The Hall–Kier alpha value is -4.56. The molecule has 0 bridgehead atoms. The monoisotopic (exact) mass is 520 g/mol. The van der Waals surface area contributed by atoms with Crippen LogP contribution in [-0.2, 0) is 18.3 Å². The maximum atomic E-state index is 12.5. The number of amides is 1. The summed E-state index contributed by atoms with van der Waals surface area (Å²) in [5.74, 6) is 0. The lowest BCUT2D eigenvalue weighted by Gasteiger charge is -2.19. The fourth-order valence-electron chi connectivity index (χ4n) is 3.92. The first kappa shape index (κ1) is 25.5. The van der Waals surface area contributed by atoms with Crippen molar-refractivity contribution in [1.82, 2.24) is 25.3 Å². The minimum absolute atomic E-state index is 0.0216. The number of fused-ring (bicyclic) bond motifs is 1. The molecular formula is C25H25ClN8O3. The maximum Gasteiger partial charge on any atom is 0.407 e. The lowest BCUT2D eigenvalue weighted by Crippen LogP contribution is -2.32. The van der Waals surface area contributed by atoms with Gasteiger partial charge in [0.25, 0.3) is 5.56 Å². The molecule has 0 radical (unpaired) electrons. The summed E-state index contributed by atoms with van der Waals surface area (Å²) in [6.07, 6.45) is 1.02. The van der Waals surface area contributed by atoms with Crippen LogP contribution in [0.4, 0.5) is 21.9 Å². The van der Waals surface area contributed by atoms with Crippen molar-refractivity contribution in [3.63, 3.8) is 0 Å². The third kappa shape index (κ3) is 4.92. The number of rotatable bonds is 4. The van der Waals surface area contributed by atoms with Crippen LogP contribution >= 0.6 is 11.6 Å². The van der Waals surface area contributed by atoms with E-state index in [9.17, 15) is 9.59 Å². The van der Waals surface area contributed by atoms with Crippen molar-refractivity contribution in [1.29, 1.82) is 0 Å². The van der Waals surface area contributed by atoms with Gasteiger partial charge >= 0.3 is 6.09 Å². The van der Waals surface area contributed by atoms with Crippen molar-refractivity contribution in [2.75, 3.05) is 11.5 Å². The van der Waals surface area contributed by atoms with E-state index in [0.717, 1.165) is 0 Å². The summed E-state index contributed by atoms with van der Waals surface area (Å²) < 4.78 is 6.88. The number of aromatic amines is 1. The van der Waals surface area contributed by atoms with Crippen LogP contribution in [0.2, 0.25) is 5.02 Å². The smallest absolute Gasteiger partial charge is 0.407 e. The number of anilines is 2. The van der Waals surface area contributed by atoms with Gasteiger partial charge in [-0.05, 0) is 44.5 Å². The molecule has 0 aliphatic heterocycles. The molecule has 12 heteroatoms. The Morgan fingerprint density at radius 1 is 1.27 bits per heavy atom. The predicted octanol–water partition coefficient (Wildman–Crippen LogP) is 4.38. The van der Waals surface area contributed by atoms with E-state index < -0.39 is 11.7 Å². The van der Waals surface area contributed by atoms with Gasteiger partial charge in [-0.2, -0.15) is 10.2 Å². The number of carbonyl (C=O) groups excluding carboxylic acids is 1. The van der Waals surface area contributed by atoms with Crippen molar-refractivity contribution < 1.29 is 9.53 Å². The van der Waals surface area contributed by atoms with Gasteiger partial charge < -0.3 is 21.5 Å². The van der Waals surface area contributed by atoms with Gasteiger partial charge in [0.05, 0.1) is 46.8 Å². The van der Waals surface area contributed by atoms with Gasteiger partial charge in [-0.25, -0.2) is 14.7 Å². The largest absolute Gasteiger partial charge is 0.444 e. The van der Waals surface area contributed by atoms with Crippen LogP contribution in [0.25, 0.3) is 38.0 Å². The lowest BCUT2D eigenvalue weighted by atomic mass is 9.97. The van der Waals surface area contributed by atoms with E-state index in [4.69, 9.17) is 34.4 Å². The second kappa shape index (κ2) is 9.48. The molecule has 4 rings (SSSR count). The fraction of sp³-hybridized carbons (Fsp3) is 0.240. The summed E-state index contributed by atoms with van der Waals surface area (Å²) >= 11 is 6.57. The minimum Gasteiger partial charge on any atom is -0.444 e. The Kier molecular flexibility index (Phi) is 6.54. The summed E-state index contributed by atoms with van der Waals surface area (Å²) in [5, 5.41) is 14.7. The molecule has 190 valence electrons. The number of aryl methyl sites for hydroxylation is 1. The number of halogens is 1. The highest BCUT2D eigenvalue weighted by Crippen LogP contribution is 2.46. The molecule has 2 heterocycles. The average molecular weight is 521 g/mol. The summed E-state index contributed by atoms with van der Waals surface area (Å²) in [5.41, 5.74) is 14.3. The molecule has 0 aliphatic carbocycles. The number of hydrogen-bond acceptors (Lipinski definition) is 7. The van der Waals surface area contributed by atoms with Crippen LogP contribution in [-0.4, -0.2) is 31.7 Å². The van der Waals surface area contributed by atoms with Crippen molar-refractivity contribution in [3.8, 4) is 22.4 Å². The van der Waals surface area contributed by atoms with E-state index in [1.807, 2.05) is 0 Å². The highest BCUT2D eigenvalue weighted by molar-refractivity contribution is 6.37. The van der Waals surface area contributed by atoms with E-state index in [0.29, 0.717) is 38.9 Å². The van der Waals surface area contributed by atoms with Gasteiger partial charge in [-0.1, -0.05) is 17.7 Å². The summed E-state index contributed by atoms with van der Waals surface area (Å²) in [6.45, 7) is 12.9. The molecule has 6 N–H and O–H groups in total. The van der Waals surface area contributed by atoms with Crippen molar-refractivity contribution in [3.05, 3.63) is 62.9 Å². The van der Waals surface area contributed by atoms with Gasteiger partial charge in [-0.3, -0.25) is 9.48 Å². The van der Waals surface area contributed by atoms with Crippen molar-refractivity contribution in [2.24, 2.45) is 7.05 Å². The van der Waals surface area contributed by atoms with Crippen LogP contribution < -0.4 is 22.3 Å². The lowest BCUT2D eigenvalue weighted by molar-refractivity contribution is 0.0523. The van der Waals surface area contributed by atoms with Gasteiger partial charge in [0, 0.05) is 29.2 Å². The zero-order valence-electron chi connectivity index (χ0n) is 20.6. The molecule has 0 saturated carbocycles. The molecule has 11 nitrogen and oxygen atoms in total. The molecule has 37 heavy (non-hydrogen) atoms. The zero-order valence-corrected chi connectivity index (χ0v) is 21.4. The topological polar surface area (TPSA) is 158 Å². The molecule has 0 unspecified atom stereocenters. The Bertz CT molecular complexity index is 1640. The van der Waals surface area contributed by atoms with Gasteiger partial charge in [0.15, 0.2) is 5.69 Å². The Labute approximate surface area is 217 Å². The maximum absolute atomic E-state index is 12.5. The molecule has 2 aromatic heterocycles. The number of H-pyrrole nitrogens is 1. The predicted molar refractivity (Wildman–Crippen MR) is 143 cm³/mol. The Morgan fingerprint density at radius 3 is 2.68 bits per heavy atom. The Morgan fingerprint density at radius 2 is 2.00 bits per heavy atom. The first-order valence-corrected chi connectivity index (χ1v) is 11.5. The summed E-state index contributed by atoms with van der Waals surface area (Å²) in [4.78, 5) is 28.2. The van der Waals surface area contributed by atoms with Crippen molar-refractivity contribution in [2.45, 2.75) is 32.9 Å². The number of ether oxygens (including phenoxy) is 1. The van der Waals surface area contributed by atoms with E-state index >= 15 is 0 Å². The first-order valence-electron chi connectivity index (χ1n) is 11.2. The van der Waals surface area contributed by atoms with Gasteiger partial charge in [-0.15, -0.1) is 0 Å². The molecular weight excluding hydrogens is 496 g/mol. The van der Waals surface area contributed by atoms with Crippen LogP contribution in [0.1, 0.15) is 26.5 Å². The number of nitrogen functional groups attached to an aromatic ring is 2. The van der Waals surface area contributed by atoms with Crippen LogP contribution in [0, 0.1) is 6.57 Å². The quantitative estimate of drug-likeness (QED) is 0.229. The number of hydrogen-bond donors (Lipinski definition) is 4. The molecule has 0 atom stereocenters. The molecule has 0 aliphatic rings. The summed E-state index contributed by atoms with van der Waals surface area (Å²) in [6, 6.07) is 6.67. The highest BCUT2D eigenvalue weighted by atomic mass is 35.5. The zero-order chi connectivity index (χ0) is 27.1. The number of alkyl carbamates (subject to hydrolysis) is 1. The van der Waals surface area contributed by atoms with E-state index in [1.165, 1.54) is 6.07 Å². The van der Waals surface area contributed by atoms with E-state index in [-0.39, 0.29) is 34.2 Å². The highest BCUT2D eigenvalue weighted by Gasteiger charge is 2.23. The number of aromatic nitrogens is 4. The Balaban J connectivity index is 1.84. The SMILES string of the molecule is [C-]#[N+]c1cc(N)c(N)c(Cl)c1-c1c(-c2ccc3c(=O)[nH]nc(CNC(=O)OC(C)(C)C)c3c2)cnn1C. The number of carbonyl (C=O) groups is 1. The number of benzene rings is 2. The van der Waals surface area contributed by atoms with Gasteiger partial charge in [0.1, 0.15) is 5.60 Å². The molecule has 1 amide bonds. The standard InChI is InChI=1S/C25H25ClN8O3/c1-25(2,3)37-24(36)30-11-18-14-8-12(6-7-13(14)23(35)33-32-18)15-10-31-34(5)22(15)19-17(29-4)9-16(27)21(28)20(19)26/h6-10H,11,27-28H2,1-3,5H3,(H,30,36)(H,33,35). The first-order chi connectivity index (χ1) is 17.4. The molecule has 0 fully saturated rings. The normalized spacial score (nSPS) is 11.4. The average Bonchev–Trinajstić information content (AvgIpc) is 3.21. The van der Waals surface area contributed by atoms with E-state index in [1.54, 1.807) is 56.9 Å². The molecule has 2 aromatic carbocycles. The van der Waals surface area contributed by atoms with Crippen LogP contribution in [0.5, 0.6) is 0 Å². The molecule has 0 spiro atoms. The number of nitrogens with one attached hydrogen (secondary N) is 2. The van der Waals surface area contributed by atoms with Crippen LogP contribution in [0.3, 0.4) is 0 Å². The minimum atomic E-state index is -0.661. The van der Waals surface area contributed by atoms with E-state index in [2.05, 4.69) is 25.5 Å². The van der Waals surface area contributed by atoms with Gasteiger partial charge in [0.2, 0.25) is 0 Å². The third-order valence-electron chi connectivity index (χ3n) is 5.59. The van der Waals surface area contributed by atoms with Crippen molar-refractivity contribution >= 4 is 45.5 Å². The second-order valence-corrected chi connectivity index (χ2v) is 9.72. The van der Waals surface area contributed by atoms with Crippen LogP contribution in [0.15, 0.2) is 35.3 Å². The molecule has 4 aromatic rings.